The van der Waals surface area contributed by atoms with Gasteiger partial charge in [-0.25, -0.2) is 0 Å². The lowest BCUT2D eigenvalue weighted by molar-refractivity contribution is 0.926. The molecular weight excluding hydrogens is 313 g/mol. The summed E-state index contributed by atoms with van der Waals surface area (Å²) in [4.78, 5) is 0. The first-order valence-corrected chi connectivity index (χ1v) is 7.06. The first kappa shape index (κ1) is 14.9. The van der Waals surface area contributed by atoms with Gasteiger partial charge in [0, 0.05) is 12.2 Å². The number of nitrogen functional groups attached to an aromatic ring is 1. The van der Waals surface area contributed by atoms with Crippen molar-refractivity contribution in [3.8, 4) is 0 Å². The molecule has 0 saturated carbocycles. The Labute approximate surface area is 133 Å². The van der Waals surface area contributed by atoms with Gasteiger partial charge in [0.25, 0.3) is 0 Å². The highest BCUT2D eigenvalue weighted by atomic mass is 35.5. The van der Waals surface area contributed by atoms with E-state index < -0.39 is 0 Å². The van der Waals surface area contributed by atoms with E-state index in [1.165, 1.54) is 0 Å². The number of anilines is 2. The van der Waals surface area contributed by atoms with Crippen LogP contribution in [0.25, 0.3) is 0 Å². The van der Waals surface area contributed by atoms with Crippen molar-refractivity contribution in [2.45, 2.75) is 6.54 Å². The van der Waals surface area contributed by atoms with Gasteiger partial charge in [-0.3, -0.25) is 0 Å². The first-order valence-electron chi connectivity index (χ1n) is 5.89. The molecule has 0 aliphatic carbocycles. The number of thiocarbonyl (C=S) groups is 1. The molecule has 0 bridgehead atoms. The number of hydrogen-bond acceptors (Lipinski definition) is 2. The summed E-state index contributed by atoms with van der Waals surface area (Å²) in [6.45, 7) is 0.642. The first-order chi connectivity index (χ1) is 9.56. The second-order valence-corrected chi connectivity index (χ2v) is 5.37. The molecule has 0 spiro atoms. The summed E-state index contributed by atoms with van der Waals surface area (Å²) in [5.74, 6) is 0. The largest absolute Gasteiger partial charge is 0.396 e. The maximum Gasteiger partial charge on any atom is 0.171 e. The van der Waals surface area contributed by atoms with Gasteiger partial charge < -0.3 is 16.4 Å². The van der Waals surface area contributed by atoms with E-state index in [4.69, 9.17) is 41.2 Å². The number of nitrogens with two attached hydrogens (primary N) is 1. The van der Waals surface area contributed by atoms with Gasteiger partial charge >= 0.3 is 0 Å². The lowest BCUT2D eigenvalue weighted by atomic mass is 10.2. The number of hydrogen-bond donors (Lipinski definition) is 3. The summed E-state index contributed by atoms with van der Waals surface area (Å²) in [6.07, 6.45) is 0. The second kappa shape index (κ2) is 6.79. The zero-order valence-electron chi connectivity index (χ0n) is 10.5. The predicted octanol–water partition coefficient (Wildman–Crippen LogP) is 4.06. The number of nitrogens with one attached hydrogen (secondary N) is 2. The van der Waals surface area contributed by atoms with Gasteiger partial charge in [0.05, 0.1) is 15.7 Å². The van der Waals surface area contributed by atoms with Crippen molar-refractivity contribution in [2.75, 3.05) is 11.1 Å². The third-order valence-electron chi connectivity index (χ3n) is 2.63. The van der Waals surface area contributed by atoms with E-state index >= 15 is 0 Å². The molecule has 2 aromatic rings. The van der Waals surface area contributed by atoms with E-state index in [0.717, 1.165) is 5.56 Å². The second-order valence-electron chi connectivity index (χ2n) is 4.15. The minimum atomic E-state index is 0.363. The number of rotatable bonds is 3. The Kier molecular flexibility index (Phi) is 5.06. The maximum atomic E-state index is 5.96. The van der Waals surface area contributed by atoms with Crippen molar-refractivity contribution in [1.29, 1.82) is 0 Å². The van der Waals surface area contributed by atoms with Crippen molar-refractivity contribution in [3.63, 3.8) is 0 Å². The number of halogens is 2. The summed E-state index contributed by atoms with van der Waals surface area (Å²) >= 11 is 17.1. The van der Waals surface area contributed by atoms with Crippen LogP contribution in [0.15, 0.2) is 42.5 Å². The quantitative estimate of drug-likeness (QED) is 0.588. The lowest BCUT2D eigenvalue weighted by Crippen LogP contribution is -2.27. The summed E-state index contributed by atoms with van der Waals surface area (Å²) in [5.41, 5.74) is 7.88. The predicted molar refractivity (Wildman–Crippen MR) is 90.4 cm³/mol. The fourth-order valence-electron chi connectivity index (χ4n) is 1.61. The van der Waals surface area contributed by atoms with Crippen LogP contribution < -0.4 is 16.4 Å². The highest BCUT2D eigenvalue weighted by Crippen LogP contribution is 2.30. The van der Waals surface area contributed by atoms with Gasteiger partial charge in [0.15, 0.2) is 5.11 Å². The summed E-state index contributed by atoms with van der Waals surface area (Å²) < 4.78 is 0. The lowest BCUT2D eigenvalue weighted by Gasteiger charge is -2.12. The fraction of sp³-hybridized carbons (Fsp3) is 0.0714. The third-order valence-corrected chi connectivity index (χ3v) is 3.50. The molecule has 20 heavy (non-hydrogen) atoms. The van der Waals surface area contributed by atoms with Gasteiger partial charge in [-0.1, -0.05) is 53.5 Å². The topological polar surface area (TPSA) is 50.1 Å². The Morgan fingerprint density at radius 2 is 1.70 bits per heavy atom. The van der Waals surface area contributed by atoms with E-state index in [9.17, 15) is 0 Å². The molecule has 0 unspecified atom stereocenters. The molecule has 0 radical (unpaired) electrons. The van der Waals surface area contributed by atoms with Gasteiger partial charge in [-0.15, -0.1) is 0 Å². The zero-order valence-corrected chi connectivity index (χ0v) is 12.8. The molecule has 4 N–H and O–H groups in total. The molecule has 3 nitrogen and oxygen atoms in total. The molecule has 0 aliphatic heterocycles. The average Bonchev–Trinajstić information content (AvgIpc) is 2.43. The zero-order chi connectivity index (χ0) is 14.5. The Hall–Kier alpha value is -1.49. The van der Waals surface area contributed by atoms with Crippen LogP contribution in [-0.2, 0) is 6.54 Å². The van der Waals surface area contributed by atoms with Gasteiger partial charge in [0.2, 0.25) is 0 Å². The van der Waals surface area contributed by atoms with Crippen LogP contribution in [0.2, 0.25) is 10.0 Å². The third kappa shape index (κ3) is 4.00. The molecule has 2 aromatic carbocycles. The minimum Gasteiger partial charge on any atom is -0.396 e. The Morgan fingerprint density at radius 3 is 2.30 bits per heavy atom. The van der Waals surface area contributed by atoms with E-state index in [2.05, 4.69) is 10.6 Å². The molecule has 104 valence electrons. The fourth-order valence-corrected chi connectivity index (χ4v) is 2.29. The van der Waals surface area contributed by atoms with Gasteiger partial charge in [0.1, 0.15) is 0 Å². The monoisotopic (exact) mass is 325 g/mol. The van der Waals surface area contributed by atoms with Crippen LogP contribution in [0, 0.1) is 0 Å². The highest BCUT2D eigenvalue weighted by molar-refractivity contribution is 7.80. The van der Waals surface area contributed by atoms with Crippen molar-refractivity contribution in [3.05, 3.63) is 58.1 Å². The molecule has 0 amide bonds. The molecule has 6 heteroatoms. The van der Waals surface area contributed by atoms with E-state index in [-0.39, 0.29) is 0 Å². The molecule has 2 rings (SSSR count). The van der Waals surface area contributed by atoms with Gasteiger partial charge in [-0.05, 0) is 29.9 Å². The standard InChI is InChI=1S/C14H13Cl2N3S/c15-11-6-10(7-12(16)13(11)17)19-14(20)18-8-9-4-2-1-3-5-9/h1-7H,8,17H2,(H2,18,19,20). The SMILES string of the molecule is Nc1c(Cl)cc(NC(=S)NCc2ccccc2)cc1Cl. The van der Waals surface area contributed by atoms with E-state index in [1.54, 1.807) is 12.1 Å². The van der Waals surface area contributed by atoms with Crippen molar-refractivity contribution in [1.82, 2.24) is 5.32 Å². The molecule has 0 atom stereocenters. The molecule has 0 saturated heterocycles. The molecule has 0 fully saturated rings. The summed E-state index contributed by atoms with van der Waals surface area (Å²) in [6, 6.07) is 13.3. The van der Waals surface area contributed by atoms with Crippen molar-refractivity contribution >= 4 is 51.9 Å². The number of benzene rings is 2. The van der Waals surface area contributed by atoms with Gasteiger partial charge in [-0.2, -0.15) is 0 Å². The van der Waals surface area contributed by atoms with Crippen LogP contribution in [0.3, 0.4) is 0 Å². The molecule has 0 aliphatic rings. The molecular formula is C14H13Cl2N3S. The molecule has 0 heterocycles. The maximum absolute atomic E-state index is 5.96. The van der Waals surface area contributed by atoms with Crippen LogP contribution in [-0.4, -0.2) is 5.11 Å². The van der Waals surface area contributed by atoms with E-state index in [0.29, 0.717) is 33.1 Å². The Bertz CT molecular complexity index is 594. The summed E-state index contributed by atoms with van der Waals surface area (Å²) in [7, 11) is 0. The Morgan fingerprint density at radius 1 is 1.10 bits per heavy atom. The highest BCUT2D eigenvalue weighted by Gasteiger charge is 2.06. The van der Waals surface area contributed by atoms with Crippen LogP contribution in [0.4, 0.5) is 11.4 Å². The smallest absolute Gasteiger partial charge is 0.171 e. The van der Waals surface area contributed by atoms with Crippen LogP contribution in [0.1, 0.15) is 5.56 Å². The van der Waals surface area contributed by atoms with Crippen molar-refractivity contribution < 1.29 is 0 Å². The van der Waals surface area contributed by atoms with Crippen LogP contribution in [0.5, 0.6) is 0 Å². The molecule has 0 aromatic heterocycles. The normalized spacial score (nSPS) is 10.1. The Balaban J connectivity index is 1.95. The summed E-state index contributed by atoms with van der Waals surface area (Å²) in [5, 5.41) is 7.40. The van der Waals surface area contributed by atoms with E-state index in [1.807, 2.05) is 30.3 Å². The average molecular weight is 326 g/mol. The van der Waals surface area contributed by atoms with Crippen LogP contribution >= 0.6 is 35.4 Å². The van der Waals surface area contributed by atoms with Crippen molar-refractivity contribution in [2.24, 2.45) is 0 Å². The minimum absolute atomic E-state index is 0.363.